The maximum atomic E-state index is 11.6. The van der Waals surface area contributed by atoms with E-state index in [1.807, 2.05) is 0 Å². The number of hydrogen-bond donors (Lipinski definition) is 0. The van der Waals surface area contributed by atoms with Crippen LogP contribution >= 0.6 is 0 Å². The van der Waals surface area contributed by atoms with Gasteiger partial charge < -0.3 is 14.2 Å². The predicted molar refractivity (Wildman–Crippen MR) is 65.0 cm³/mol. The van der Waals surface area contributed by atoms with Gasteiger partial charge in [0.05, 0.1) is 21.3 Å². The summed E-state index contributed by atoms with van der Waals surface area (Å²) in [5.74, 6) is -0.880. The highest BCUT2D eigenvalue weighted by Gasteiger charge is 2.29. The molecule has 0 radical (unpaired) electrons. The van der Waals surface area contributed by atoms with Crippen LogP contribution in [-0.4, -0.2) is 33.1 Å². The van der Waals surface area contributed by atoms with Crippen LogP contribution in [0.15, 0.2) is 18.2 Å². The Kier molecular flexibility index (Phi) is 4.71. The second kappa shape index (κ2) is 6.05. The molecule has 0 saturated carbocycles. The molecular weight excluding hydrogens is 236 g/mol. The molecule has 0 N–H and O–H groups in total. The number of esters is 1. The standard InChI is InChI=1S/C13H16O5/c1-8(14)12(13(15)18-4)10-6-5-9(16-2)7-11(10)17-3/h5-7,12H,1-4H3. The summed E-state index contributed by atoms with van der Waals surface area (Å²) in [5.41, 5.74) is 0.470. The first-order chi connectivity index (χ1) is 8.54. The molecule has 0 fully saturated rings. The van der Waals surface area contributed by atoms with Crippen molar-refractivity contribution in [3.8, 4) is 11.5 Å². The lowest BCUT2D eigenvalue weighted by Gasteiger charge is -2.16. The quantitative estimate of drug-likeness (QED) is 0.587. The van der Waals surface area contributed by atoms with Gasteiger partial charge in [0.15, 0.2) is 0 Å². The molecule has 5 nitrogen and oxygen atoms in total. The maximum Gasteiger partial charge on any atom is 0.320 e. The van der Waals surface area contributed by atoms with Crippen LogP contribution in [0.1, 0.15) is 18.4 Å². The van der Waals surface area contributed by atoms with Crippen LogP contribution in [0.4, 0.5) is 0 Å². The van der Waals surface area contributed by atoms with Crippen molar-refractivity contribution >= 4 is 11.8 Å². The zero-order valence-electron chi connectivity index (χ0n) is 10.9. The van der Waals surface area contributed by atoms with Crippen molar-refractivity contribution < 1.29 is 23.8 Å². The topological polar surface area (TPSA) is 61.8 Å². The third kappa shape index (κ3) is 2.80. The molecule has 98 valence electrons. The van der Waals surface area contributed by atoms with Gasteiger partial charge >= 0.3 is 5.97 Å². The molecule has 0 aromatic heterocycles. The van der Waals surface area contributed by atoms with E-state index in [1.165, 1.54) is 28.3 Å². The van der Waals surface area contributed by atoms with Gasteiger partial charge in [0, 0.05) is 11.6 Å². The monoisotopic (exact) mass is 252 g/mol. The summed E-state index contributed by atoms with van der Waals surface area (Å²) in [6.45, 7) is 1.34. The minimum Gasteiger partial charge on any atom is -0.497 e. The smallest absolute Gasteiger partial charge is 0.320 e. The van der Waals surface area contributed by atoms with Gasteiger partial charge in [-0.15, -0.1) is 0 Å². The van der Waals surface area contributed by atoms with Crippen molar-refractivity contribution in [2.75, 3.05) is 21.3 Å². The summed E-state index contributed by atoms with van der Waals surface area (Å²) in [5, 5.41) is 0. The summed E-state index contributed by atoms with van der Waals surface area (Å²) in [7, 11) is 4.23. The summed E-state index contributed by atoms with van der Waals surface area (Å²) in [4.78, 5) is 23.2. The summed E-state index contributed by atoms with van der Waals surface area (Å²) < 4.78 is 14.9. The third-order valence-electron chi connectivity index (χ3n) is 2.60. The predicted octanol–water partition coefficient (Wildman–Crippen LogP) is 1.55. The van der Waals surface area contributed by atoms with E-state index in [4.69, 9.17) is 9.47 Å². The molecule has 0 aliphatic carbocycles. The van der Waals surface area contributed by atoms with Crippen molar-refractivity contribution in [2.45, 2.75) is 12.8 Å². The number of ketones is 1. The van der Waals surface area contributed by atoms with Gasteiger partial charge in [-0.2, -0.15) is 0 Å². The number of hydrogen-bond acceptors (Lipinski definition) is 5. The molecule has 5 heteroatoms. The normalized spacial score (nSPS) is 11.6. The lowest BCUT2D eigenvalue weighted by Crippen LogP contribution is -2.21. The number of benzene rings is 1. The van der Waals surface area contributed by atoms with Gasteiger partial charge in [-0.3, -0.25) is 9.59 Å². The van der Waals surface area contributed by atoms with Crippen molar-refractivity contribution in [1.29, 1.82) is 0 Å². The minimum atomic E-state index is -0.976. The Balaban J connectivity index is 3.27. The van der Waals surface area contributed by atoms with Crippen LogP contribution in [0.5, 0.6) is 11.5 Å². The fourth-order valence-corrected chi connectivity index (χ4v) is 1.69. The lowest BCUT2D eigenvalue weighted by molar-refractivity contribution is -0.145. The first-order valence-corrected chi connectivity index (χ1v) is 5.35. The van der Waals surface area contributed by atoms with Crippen LogP contribution in [0.25, 0.3) is 0 Å². The van der Waals surface area contributed by atoms with E-state index in [1.54, 1.807) is 18.2 Å². The van der Waals surface area contributed by atoms with E-state index in [0.717, 1.165) is 0 Å². The van der Waals surface area contributed by atoms with E-state index in [-0.39, 0.29) is 5.78 Å². The molecule has 1 unspecified atom stereocenters. The zero-order chi connectivity index (χ0) is 13.7. The lowest BCUT2D eigenvalue weighted by atomic mass is 9.94. The third-order valence-corrected chi connectivity index (χ3v) is 2.60. The van der Waals surface area contributed by atoms with Crippen molar-refractivity contribution in [1.82, 2.24) is 0 Å². The maximum absolute atomic E-state index is 11.6. The molecule has 1 atom stereocenters. The number of carbonyl (C=O) groups is 2. The van der Waals surface area contributed by atoms with Gasteiger partial charge in [-0.25, -0.2) is 0 Å². The van der Waals surface area contributed by atoms with Gasteiger partial charge in [0.2, 0.25) is 0 Å². The molecule has 0 aliphatic heterocycles. The van der Waals surface area contributed by atoms with E-state index >= 15 is 0 Å². The molecule has 0 amide bonds. The van der Waals surface area contributed by atoms with Crippen molar-refractivity contribution in [3.63, 3.8) is 0 Å². The Labute approximate surface area is 106 Å². The van der Waals surface area contributed by atoms with Crippen LogP contribution in [0.2, 0.25) is 0 Å². The van der Waals surface area contributed by atoms with E-state index in [2.05, 4.69) is 4.74 Å². The Hall–Kier alpha value is -2.04. The molecule has 0 bridgehead atoms. The fourth-order valence-electron chi connectivity index (χ4n) is 1.69. The van der Waals surface area contributed by atoms with Gasteiger partial charge in [0.25, 0.3) is 0 Å². The SMILES string of the molecule is COC(=O)C(C(C)=O)c1ccc(OC)cc1OC. The minimum absolute atomic E-state index is 0.301. The van der Waals surface area contributed by atoms with Crippen LogP contribution in [0, 0.1) is 0 Å². The van der Waals surface area contributed by atoms with E-state index in [0.29, 0.717) is 17.1 Å². The van der Waals surface area contributed by atoms with E-state index in [9.17, 15) is 9.59 Å². The van der Waals surface area contributed by atoms with Crippen LogP contribution < -0.4 is 9.47 Å². The molecule has 1 rings (SSSR count). The fraction of sp³-hybridized carbons (Fsp3) is 0.385. The number of carbonyl (C=O) groups excluding carboxylic acids is 2. The van der Waals surface area contributed by atoms with Gasteiger partial charge in [0.1, 0.15) is 23.2 Å². The largest absolute Gasteiger partial charge is 0.497 e. The Bertz CT molecular complexity index is 453. The van der Waals surface area contributed by atoms with Crippen molar-refractivity contribution in [3.05, 3.63) is 23.8 Å². The Morgan fingerprint density at radius 3 is 2.22 bits per heavy atom. The Morgan fingerprint density at radius 1 is 1.11 bits per heavy atom. The van der Waals surface area contributed by atoms with Crippen LogP contribution in [-0.2, 0) is 14.3 Å². The number of ether oxygens (including phenoxy) is 3. The highest BCUT2D eigenvalue weighted by atomic mass is 16.5. The van der Waals surface area contributed by atoms with E-state index < -0.39 is 11.9 Å². The average molecular weight is 252 g/mol. The van der Waals surface area contributed by atoms with Gasteiger partial charge in [-0.1, -0.05) is 6.07 Å². The zero-order valence-corrected chi connectivity index (χ0v) is 10.9. The molecule has 18 heavy (non-hydrogen) atoms. The summed E-state index contributed by atoms with van der Waals surface area (Å²) in [6, 6.07) is 4.91. The first kappa shape index (κ1) is 14.0. The number of rotatable bonds is 5. The highest BCUT2D eigenvalue weighted by Crippen LogP contribution is 2.31. The molecular formula is C13H16O5. The molecule has 1 aromatic carbocycles. The second-order valence-electron chi connectivity index (χ2n) is 3.67. The molecule has 0 spiro atoms. The Morgan fingerprint density at radius 2 is 1.78 bits per heavy atom. The first-order valence-electron chi connectivity index (χ1n) is 5.35. The number of Topliss-reactive ketones (excluding diaryl/α,β-unsaturated/α-hetero) is 1. The molecule has 1 aromatic rings. The van der Waals surface area contributed by atoms with Crippen molar-refractivity contribution in [2.24, 2.45) is 0 Å². The molecule has 0 aliphatic rings. The molecule has 0 heterocycles. The average Bonchev–Trinajstić information content (AvgIpc) is 2.38. The summed E-state index contributed by atoms with van der Waals surface area (Å²) in [6.07, 6.45) is 0. The van der Waals surface area contributed by atoms with Crippen LogP contribution in [0.3, 0.4) is 0 Å². The van der Waals surface area contributed by atoms with Gasteiger partial charge in [-0.05, 0) is 13.0 Å². The molecule has 0 saturated heterocycles. The summed E-state index contributed by atoms with van der Waals surface area (Å²) >= 11 is 0. The number of methoxy groups -OCH3 is 3. The highest BCUT2D eigenvalue weighted by molar-refractivity contribution is 6.03. The second-order valence-corrected chi connectivity index (χ2v) is 3.67.